The topological polar surface area (TPSA) is 47.9 Å². The van der Waals surface area contributed by atoms with Crippen LogP contribution in [0.15, 0.2) is 24.3 Å². The average Bonchev–Trinajstić information content (AvgIpc) is 2.29. The maximum absolute atomic E-state index is 8.48. The number of benzene rings is 1. The molecule has 0 amide bonds. The van der Waals surface area contributed by atoms with Crippen molar-refractivity contribution in [3.8, 4) is 11.5 Å². The van der Waals surface area contributed by atoms with E-state index in [2.05, 4.69) is 0 Å². The van der Waals surface area contributed by atoms with Crippen molar-refractivity contribution in [2.45, 2.75) is 0 Å². The Morgan fingerprint density at radius 3 is 2.47 bits per heavy atom. The van der Waals surface area contributed by atoms with Crippen molar-refractivity contribution in [1.29, 1.82) is 0 Å². The zero-order valence-electron chi connectivity index (χ0n) is 8.81. The van der Waals surface area contributed by atoms with Crippen molar-refractivity contribution in [3.05, 3.63) is 24.3 Å². The van der Waals surface area contributed by atoms with Gasteiger partial charge in [-0.15, -0.1) is 0 Å². The largest absolute Gasteiger partial charge is 0.493 e. The van der Waals surface area contributed by atoms with Gasteiger partial charge in [-0.3, -0.25) is 0 Å². The first kappa shape index (κ1) is 11.8. The van der Waals surface area contributed by atoms with Crippen LogP contribution >= 0.6 is 0 Å². The molecular formula is C11H16O4. The second-order valence-corrected chi connectivity index (χ2v) is 2.84. The van der Waals surface area contributed by atoms with Gasteiger partial charge in [-0.25, -0.2) is 0 Å². The number of hydrogen-bond donors (Lipinski definition) is 1. The molecule has 0 aromatic heterocycles. The van der Waals surface area contributed by atoms with Crippen LogP contribution in [0.4, 0.5) is 0 Å². The number of rotatable bonds is 7. The Hall–Kier alpha value is -1.26. The van der Waals surface area contributed by atoms with Gasteiger partial charge in [-0.1, -0.05) is 12.1 Å². The maximum Gasteiger partial charge on any atom is 0.161 e. The monoisotopic (exact) mass is 212 g/mol. The zero-order valence-corrected chi connectivity index (χ0v) is 8.81. The van der Waals surface area contributed by atoms with Crippen LogP contribution < -0.4 is 9.47 Å². The molecule has 0 unspecified atom stereocenters. The van der Waals surface area contributed by atoms with Crippen LogP contribution in [-0.2, 0) is 4.74 Å². The van der Waals surface area contributed by atoms with Crippen LogP contribution in [0.25, 0.3) is 0 Å². The van der Waals surface area contributed by atoms with E-state index >= 15 is 0 Å². The number of ether oxygens (including phenoxy) is 3. The number of aliphatic hydroxyl groups is 1. The number of hydrogen-bond acceptors (Lipinski definition) is 4. The number of para-hydroxylation sites is 2. The molecule has 4 heteroatoms. The second kappa shape index (κ2) is 7.09. The molecule has 0 aliphatic rings. The van der Waals surface area contributed by atoms with Gasteiger partial charge in [-0.05, 0) is 12.1 Å². The predicted octanol–water partition coefficient (Wildman–Crippen LogP) is 1.08. The Morgan fingerprint density at radius 1 is 1.07 bits per heavy atom. The van der Waals surface area contributed by atoms with Crippen LogP contribution in [0.1, 0.15) is 0 Å². The van der Waals surface area contributed by atoms with Crippen molar-refractivity contribution in [2.75, 3.05) is 33.5 Å². The van der Waals surface area contributed by atoms with Gasteiger partial charge in [0.25, 0.3) is 0 Å². The van der Waals surface area contributed by atoms with Gasteiger partial charge in [0.2, 0.25) is 0 Å². The van der Waals surface area contributed by atoms with Crippen LogP contribution in [0.2, 0.25) is 0 Å². The van der Waals surface area contributed by atoms with E-state index in [0.717, 1.165) is 0 Å². The third-order valence-corrected chi connectivity index (χ3v) is 1.79. The molecular weight excluding hydrogens is 196 g/mol. The third-order valence-electron chi connectivity index (χ3n) is 1.79. The Kier molecular flexibility index (Phi) is 5.58. The number of aliphatic hydroxyl groups excluding tert-OH is 1. The van der Waals surface area contributed by atoms with Crippen molar-refractivity contribution in [3.63, 3.8) is 0 Å². The first-order valence-electron chi connectivity index (χ1n) is 4.83. The van der Waals surface area contributed by atoms with Crippen molar-refractivity contribution in [2.24, 2.45) is 0 Å². The molecule has 84 valence electrons. The lowest BCUT2D eigenvalue weighted by molar-refractivity contribution is 0.0699. The molecule has 1 aromatic rings. The Balaban J connectivity index is 2.30. The lowest BCUT2D eigenvalue weighted by Crippen LogP contribution is -2.09. The molecule has 1 rings (SSSR count). The van der Waals surface area contributed by atoms with Gasteiger partial charge in [0.1, 0.15) is 6.61 Å². The average molecular weight is 212 g/mol. The van der Waals surface area contributed by atoms with Crippen molar-refractivity contribution < 1.29 is 19.3 Å². The second-order valence-electron chi connectivity index (χ2n) is 2.84. The van der Waals surface area contributed by atoms with Crippen LogP contribution in [-0.4, -0.2) is 38.6 Å². The summed E-state index contributed by atoms with van der Waals surface area (Å²) >= 11 is 0. The molecule has 0 saturated carbocycles. The van der Waals surface area contributed by atoms with E-state index in [9.17, 15) is 0 Å². The van der Waals surface area contributed by atoms with E-state index in [0.29, 0.717) is 31.3 Å². The smallest absolute Gasteiger partial charge is 0.161 e. The molecule has 1 N–H and O–H groups in total. The van der Waals surface area contributed by atoms with E-state index in [1.165, 1.54) is 0 Å². The highest BCUT2D eigenvalue weighted by molar-refractivity contribution is 5.39. The van der Waals surface area contributed by atoms with Crippen molar-refractivity contribution in [1.82, 2.24) is 0 Å². The molecule has 0 heterocycles. The normalized spacial score (nSPS) is 10.0. The molecule has 0 bridgehead atoms. The fourth-order valence-corrected chi connectivity index (χ4v) is 1.12. The summed E-state index contributed by atoms with van der Waals surface area (Å²) in [5.74, 6) is 1.41. The van der Waals surface area contributed by atoms with Gasteiger partial charge in [0, 0.05) is 0 Å². The Bertz CT molecular complexity index is 275. The van der Waals surface area contributed by atoms with Gasteiger partial charge >= 0.3 is 0 Å². The Labute approximate surface area is 89.4 Å². The predicted molar refractivity (Wildman–Crippen MR) is 56.4 cm³/mol. The summed E-state index contributed by atoms with van der Waals surface area (Å²) in [6.07, 6.45) is 0. The first-order valence-corrected chi connectivity index (χ1v) is 4.83. The van der Waals surface area contributed by atoms with Crippen LogP contribution in [0.5, 0.6) is 11.5 Å². The van der Waals surface area contributed by atoms with Crippen molar-refractivity contribution >= 4 is 0 Å². The molecule has 0 spiro atoms. The molecule has 0 atom stereocenters. The molecule has 0 saturated heterocycles. The van der Waals surface area contributed by atoms with E-state index in [-0.39, 0.29) is 6.61 Å². The van der Waals surface area contributed by atoms with Crippen LogP contribution in [0, 0.1) is 0 Å². The third kappa shape index (κ3) is 4.18. The molecule has 0 aliphatic carbocycles. The standard InChI is InChI=1S/C11H16O4/c1-13-10-4-2-3-5-11(10)15-9-8-14-7-6-12/h2-5,12H,6-9H2,1H3. The van der Waals surface area contributed by atoms with Gasteiger partial charge < -0.3 is 19.3 Å². The summed E-state index contributed by atoms with van der Waals surface area (Å²) in [6.45, 7) is 1.28. The minimum atomic E-state index is 0.0364. The molecule has 0 radical (unpaired) electrons. The van der Waals surface area contributed by atoms with Gasteiger partial charge in [0.05, 0.1) is 26.9 Å². The molecule has 4 nitrogen and oxygen atoms in total. The van der Waals surface area contributed by atoms with E-state index in [1.54, 1.807) is 7.11 Å². The molecule has 15 heavy (non-hydrogen) atoms. The fourth-order valence-electron chi connectivity index (χ4n) is 1.12. The molecule has 0 aliphatic heterocycles. The van der Waals surface area contributed by atoms with Gasteiger partial charge in [0.15, 0.2) is 11.5 Å². The molecule has 1 aromatic carbocycles. The molecule has 0 fully saturated rings. The SMILES string of the molecule is COc1ccccc1OCCOCCO. The summed E-state index contributed by atoms with van der Waals surface area (Å²) < 4.78 is 15.6. The highest BCUT2D eigenvalue weighted by atomic mass is 16.5. The fraction of sp³-hybridized carbons (Fsp3) is 0.455. The van der Waals surface area contributed by atoms with E-state index < -0.39 is 0 Å². The lowest BCUT2D eigenvalue weighted by atomic mass is 10.3. The summed E-state index contributed by atoms with van der Waals surface area (Å²) in [5.41, 5.74) is 0. The summed E-state index contributed by atoms with van der Waals surface area (Å²) in [7, 11) is 1.60. The van der Waals surface area contributed by atoms with E-state index in [1.807, 2.05) is 24.3 Å². The zero-order chi connectivity index (χ0) is 10.9. The maximum atomic E-state index is 8.48. The van der Waals surface area contributed by atoms with Gasteiger partial charge in [-0.2, -0.15) is 0 Å². The summed E-state index contributed by atoms with van der Waals surface area (Å²) in [5, 5.41) is 8.48. The summed E-state index contributed by atoms with van der Waals surface area (Å²) in [4.78, 5) is 0. The van der Waals surface area contributed by atoms with Crippen LogP contribution in [0.3, 0.4) is 0 Å². The summed E-state index contributed by atoms with van der Waals surface area (Å²) in [6, 6.07) is 7.44. The highest BCUT2D eigenvalue weighted by Crippen LogP contribution is 2.25. The highest BCUT2D eigenvalue weighted by Gasteiger charge is 2.01. The quantitative estimate of drug-likeness (QED) is 0.687. The number of methoxy groups -OCH3 is 1. The lowest BCUT2D eigenvalue weighted by Gasteiger charge is -2.09. The Morgan fingerprint density at radius 2 is 1.80 bits per heavy atom. The minimum absolute atomic E-state index is 0.0364. The van der Waals surface area contributed by atoms with E-state index in [4.69, 9.17) is 19.3 Å². The minimum Gasteiger partial charge on any atom is -0.493 e. The first-order chi connectivity index (χ1) is 7.38.